The van der Waals surface area contributed by atoms with Crippen LogP contribution in [0.4, 0.5) is 0 Å². The monoisotopic (exact) mass is 211 g/mol. The Morgan fingerprint density at radius 2 is 1.67 bits per heavy atom. The molecule has 1 amide bonds. The fraction of sp³-hybridized carbons (Fsp3) is 0.833. The smallest absolute Gasteiger partial charge is 0.225 e. The van der Waals surface area contributed by atoms with E-state index in [9.17, 15) is 4.79 Å². The topological polar surface area (TPSA) is 23.6 Å². The van der Waals surface area contributed by atoms with Crippen molar-refractivity contribution < 1.29 is 4.79 Å². The first-order chi connectivity index (χ1) is 7.00. The molecule has 0 aromatic carbocycles. The number of rotatable bonds is 3. The van der Waals surface area contributed by atoms with E-state index in [4.69, 9.17) is 0 Å². The number of nitrogens with zero attached hydrogens (tertiary/aromatic N) is 2. The van der Waals surface area contributed by atoms with Crippen LogP contribution in [0.5, 0.6) is 0 Å². The normalized spacial score (nSPS) is 18.9. The third-order valence-corrected chi connectivity index (χ3v) is 2.72. The van der Waals surface area contributed by atoms with Gasteiger partial charge in [-0.15, -0.1) is 0 Å². The lowest BCUT2D eigenvalue weighted by Gasteiger charge is -2.36. The van der Waals surface area contributed by atoms with Crippen LogP contribution in [0.2, 0.25) is 0 Å². The second kappa shape index (κ2) is 5.50. The van der Waals surface area contributed by atoms with Crippen LogP contribution in [0.1, 0.15) is 27.7 Å². The molecule has 3 heteroatoms. The van der Waals surface area contributed by atoms with Gasteiger partial charge in [0.05, 0.1) is 0 Å². The summed E-state index contributed by atoms with van der Waals surface area (Å²) >= 11 is 0. The number of carbonyl (C=O) groups excluding carboxylic acids is 1. The van der Waals surface area contributed by atoms with Crippen molar-refractivity contribution in [1.82, 2.24) is 9.80 Å². The molecule has 0 atom stereocenters. The molecule has 0 aromatic heterocycles. The number of hydrogen-bond acceptors (Lipinski definition) is 2. The van der Waals surface area contributed by atoms with E-state index in [1.807, 2.05) is 18.7 Å². The summed E-state index contributed by atoms with van der Waals surface area (Å²) in [5.74, 6) is 1.88. The van der Waals surface area contributed by atoms with Gasteiger partial charge in [-0.05, 0) is 5.92 Å². The zero-order valence-electron chi connectivity index (χ0n) is 10.4. The average Bonchev–Trinajstić information content (AvgIpc) is 2.17. The molecule has 15 heavy (non-hydrogen) atoms. The van der Waals surface area contributed by atoms with Gasteiger partial charge in [-0.3, -0.25) is 9.69 Å². The van der Waals surface area contributed by atoms with E-state index in [1.165, 1.54) is 5.92 Å². The van der Waals surface area contributed by atoms with Crippen LogP contribution in [-0.2, 0) is 4.79 Å². The van der Waals surface area contributed by atoms with Gasteiger partial charge in [-0.1, -0.05) is 27.7 Å². The maximum absolute atomic E-state index is 11.7. The minimum absolute atomic E-state index is 0.135. The first kappa shape index (κ1) is 12.5. The number of hydrogen-bond donors (Lipinski definition) is 0. The Kier molecular flexibility index (Phi) is 4.58. The molecule has 1 fully saturated rings. The summed E-state index contributed by atoms with van der Waals surface area (Å²) in [6.07, 6.45) is 0. The van der Waals surface area contributed by atoms with Gasteiger partial charge in [0.2, 0.25) is 5.91 Å². The maximum Gasteiger partial charge on any atom is 0.225 e. The van der Waals surface area contributed by atoms with E-state index in [0.717, 1.165) is 32.7 Å². The lowest BCUT2D eigenvalue weighted by Crippen LogP contribution is -2.50. The molecule has 0 aliphatic carbocycles. The second-order valence-corrected chi connectivity index (χ2v) is 4.96. The van der Waals surface area contributed by atoms with Gasteiger partial charge in [0.1, 0.15) is 0 Å². The molecular formula is C12H23N2O. The number of carbonyl (C=O) groups is 1. The Bertz CT molecular complexity index is 206. The van der Waals surface area contributed by atoms with E-state index >= 15 is 0 Å². The molecule has 0 unspecified atom stereocenters. The summed E-state index contributed by atoms with van der Waals surface area (Å²) in [5, 5.41) is 0. The Balaban J connectivity index is 2.32. The summed E-state index contributed by atoms with van der Waals surface area (Å²) in [5.41, 5.74) is 0. The molecule has 0 aromatic rings. The molecule has 1 aliphatic heterocycles. The van der Waals surface area contributed by atoms with Crippen molar-refractivity contribution in [1.29, 1.82) is 0 Å². The Hall–Kier alpha value is -0.570. The third kappa shape index (κ3) is 3.82. The zero-order valence-corrected chi connectivity index (χ0v) is 10.4. The molecule has 3 nitrogen and oxygen atoms in total. The predicted octanol–water partition coefficient (Wildman–Crippen LogP) is 1.40. The van der Waals surface area contributed by atoms with Gasteiger partial charge in [-0.25, -0.2) is 0 Å². The molecule has 1 rings (SSSR count). The van der Waals surface area contributed by atoms with Crippen molar-refractivity contribution in [2.24, 2.45) is 5.92 Å². The highest BCUT2D eigenvalue weighted by molar-refractivity contribution is 5.78. The molecule has 0 N–H and O–H groups in total. The van der Waals surface area contributed by atoms with E-state index in [0.29, 0.717) is 5.91 Å². The lowest BCUT2D eigenvalue weighted by atomic mass is 10.1. The van der Waals surface area contributed by atoms with E-state index < -0.39 is 0 Å². The van der Waals surface area contributed by atoms with Crippen molar-refractivity contribution in [3.8, 4) is 0 Å². The SMILES string of the molecule is C[C](C)CN1CCN(C(=O)C(C)C)CC1. The molecule has 0 saturated carbocycles. The highest BCUT2D eigenvalue weighted by Crippen LogP contribution is 2.09. The average molecular weight is 211 g/mol. The zero-order chi connectivity index (χ0) is 11.4. The van der Waals surface area contributed by atoms with Gasteiger partial charge in [0.25, 0.3) is 0 Å². The van der Waals surface area contributed by atoms with Crippen LogP contribution in [0.25, 0.3) is 0 Å². The molecule has 1 heterocycles. The molecule has 1 aliphatic rings. The first-order valence-corrected chi connectivity index (χ1v) is 5.81. The van der Waals surface area contributed by atoms with Gasteiger partial charge in [0.15, 0.2) is 0 Å². The molecular weight excluding hydrogens is 188 g/mol. The summed E-state index contributed by atoms with van der Waals surface area (Å²) in [6.45, 7) is 13.2. The van der Waals surface area contributed by atoms with Gasteiger partial charge >= 0.3 is 0 Å². The van der Waals surface area contributed by atoms with Crippen LogP contribution in [0.3, 0.4) is 0 Å². The molecule has 1 saturated heterocycles. The van der Waals surface area contributed by atoms with Crippen LogP contribution in [0.15, 0.2) is 0 Å². The fourth-order valence-corrected chi connectivity index (χ4v) is 1.94. The number of piperazine rings is 1. The standard InChI is InChI=1S/C12H23N2O/c1-10(2)9-13-5-7-14(8-6-13)12(15)11(3)4/h11H,5-9H2,1-4H3. The number of amides is 1. The van der Waals surface area contributed by atoms with Crippen LogP contribution < -0.4 is 0 Å². The largest absolute Gasteiger partial charge is 0.340 e. The molecule has 1 radical (unpaired) electrons. The van der Waals surface area contributed by atoms with Crippen molar-refractivity contribution in [2.45, 2.75) is 27.7 Å². The first-order valence-electron chi connectivity index (χ1n) is 5.81. The summed E-state index contributed by atoms with van der Waals surface area (Å²) in [4.78, 5) is 16.1. The van der Waals surface area contributed by atoms with E-state index in [2.05, 4.69) is 18.7 Å². The third-order valence-electron chi connectivity index (χ3n) is 2.72. The minimum atomic E-state index is 0.135. The fourth-order valence-electron chi connectivity index (χ4n) is 1.94. The van der Waals surface area contributed by atoms with Gasteiger partial charge < -0.3 is 4.90 Å². The van der Waals surface area contributed by atoms with Crippen molar-refractivity contribution >= 4 is 5.91 Å². The maximum atomic E-state index is 11.7. The van der Waals surface area contributed by atoms with Crippen LogP contribution in [-0.4, -0.2) is 48.4 Å². The highest BCUT2D eigenvalue weighted by atomic mass is 16.2. The molecule has 0 bridgehead atoms. The minimum Gasteiger partial charge on any atom is -0.340 e. The summed E-state index contributed by atoms with van der Waals surface area (Å²) in [7, 11) is 0. The Morgan fingerprint density at radius 1 is 1.13 bits per heavy atom. The van der Waals surface area contributed by atoms with Crippen molar-refractivity contribution in [2.75, 3.05) is 32.7 Å². The Labute approximate surface area is 93.4 Å². The van der Waals surface area contributed by atoms with Gasteiger partial charge in [0, 0.05) is 38.6 Å². The summed E-state index contributed by atoms with van der Waals surface area (Å²) in [6, 6.07) is 0. The second-order valence-electron chi connectivity index (χ2n) is 4.96. The van der Waals surface area contributed by atoms with Gasteiger partial charge in [-0.2, -0.15) is 0 Å². The molecule has 0 spiro atoms. The quantitative estimate of drug-likeness (QED) is 0.704. The van der Waals surface area contributed by atoms with Crippen molar-refractivity contribution in [3.63, 3.8) is 0 Å². The predicted molar refractivity (Wildman–Crippen MR) is 62.4 cm³/mol. The van der Waals surface area contributed by atoms with E-state index in [1.54, 1.807) is 0 Å². The van der Waals surface area contributed by atoms with Crippen molar-refractivity contribution in [3.05, 3.63) is 5.92 Å². The molecule has 87 valence electrons. The van der Waals surface area contributed by atoms with E-state index in [-0.39, 0.29) is 5.92 Å². The Morgan fingerprint density at radius 3 is 2.07 bits per heavy atom. The van der Waals surface area contributed by atoms with Crippen LogP contribution >= 0.6 is 0 Å². The lowest BCUT2D eigenvalue weighted by molar-refractivity contribution is -0.136. The highest BCUT2D eigenvalue weighted by Gasteiger charge is 2.22. The van der Waals surface area contributed by atoms with Crippen LogP contribution in [0, 0.1) is 11.8 Å². The summed E-state index contributed by atoms with van der Waals surface area (Å²) < 4.78 is 0.